The smallest absolute Gasteiger partial charge is 1.00 e. The van der Waals surface area contributed by atoms with Gasteiger partial charge < -0.3 is 9.41 Å². The Morgan fingerprint density at radius 2 is 1.73 bits per heavy atom. The van der Waals surface area contributed by atoms with Crippen LogP contribution in [0.1, 0.15) is 39.5 Å². The van der Waals surface area contributed by atoms with E-state index in [9.17, 15) is 0 Å². The molecule has 0 amide bonds. The summed E-state index contributed by atoms with van der Waals surface area (Å²) in [7, 11) is 2.34. The van der Waals surface area contributed by atoms with Crippen molar-refractivity contribution in [1.82, 2.24) is 0 Å². The zero-order valence-electron chi connectivity index (χ0n) is 16.2. The molecule has 0 nitrogen and oxygen atoms in total. The van der Waals surface area contributed by atoms with Gasteiger partial charge in [0.05, 0.1) is 0 Å². The predicted molar refractivity (Wildman–Crippen MR) is 113 cm³/mol. The first-order chi connectivity index (χ1) is 11.2. The molecular formula is C21H30F2P2Zr. The Bertz CT molecular complexity index is 589. The molecule has 3 rings (SSSR count). The Morgan fingerprint density at radius 1 is 1.08 bits per heavy atom. The number of hydrogen-bond acceptors (Lipinski definition) is 0. The molecule has 2 aromatic carbocycles. The molecule has 1 aliphatic carbocycles. The molecule has 5 heteroatoms. The van der Waals surface area contributed by atoms with E-state index in [1.54, 1.807) is 5.57 Å². The monoisotopic (exact) mass is 472 g/mol. The molecule has 0 bridgehead atoms. The summed E-state index contributed by atoms with van der Waals surface area (Å²) < 4.78 is 0. The fourth-order valence-electron chi connectivity index (χ4n) is 2.30. The molecule has 2 atom stereocenters. The molecule has 0 fully saturated rings. The molecule has 0 radical (unpaired) electrons. The molecule has 2 unspecified atom stereocenters. The first kappa shape index (κ1) is 30.6. The third-order valence-electron chi connectivity index (χ3n) is 3.66. The topological polar surface area (TPSA) is 0 Å². The van der Waals surface area contributed by atoms with E-state index >= 15 is 0 Å². The van der Waals surface area contributed by atoms with Crippen molar-refractivity contribution in [3.8, 4) is 0 Å². The number of benzene rings is 1. The minimum Gasteiger partial charge on any atom is -1.00 e. The van der Waals surface area contributed by atoms with Gasteiger partial charge in [0.1, 0.15) is 0 Å². The van der Waals surface area contributed by atoms with Gasteiger partial charge in [-0.25, -0.2) is 11.6 Å². The fraction of sp³-hybridized carbons (Fsp3) is 0.381. The number of halogens is 2. The van der Waals surface area contributed by atoms with E-state index in [2.05, 4.69) is 81.8 Å². The Hall–Kier alpha value is -0.0869. The van der Waals surface area contributed by atoms with Crippen LogP contribution in [-0.4, -0.2) is 13.3 Å². The summed E-state index contributed by atoms with van der Waals surface area (Å²) in [6.07, 6.45) is 10.6. The molecular weight excluding hydrogens is 443 g/mol. The van der Waals surface area contributed by atoms with Crippen LogP contribution in [0.5, 0.6) is 0 Å². The van der Waals surface area contributed by atoms with E-state index in [1.807, 2.05) is 0 Å². The maximum absolute atomic E-state index is 3.30. The minimum absolute atomic E-state index is 0. The van der Waals surface area contributed by atoms with Crippen LogP contribution < -0.4 is 9.41 Å². The predicted octanol–water partition coefficient (Wildman–Crippen LogP) is 1.34. The third-order valence-corrected chi connectivity index (χ3v) is 5.66. The number of fused-ring (bicyclic) bond motifs is 1. The molecule has 2 aromatic rings. The number of allylic oxidation sites excluding steroid dienone is 4. The molecule has 142 valence electrons. The summed E-state index contributed by atoms with van der Waals surface area (Å²) in [5.41, 5.74) is 2.89. The van der Waals surface area contributed by atoms with E-state index in [4.69, 9.17) is 0 Å². The van der Waals surface area contributed by atoms with Gasteiger partial charge in [-0.15, -0.1) is 52.6 Å². The van der Waals surface area contributed by atoms with Crippen molar-refractivity contribution in [3.05, 3.63) is 65.8 Å². The maximum Gasteiger partial charge on any atom is 4.00 e. The van der Waals surface area contributed by atoms with Crippen LogP contribution in [0.25, 0.3) is 10.8 Å². The zero-order valence-corrected chi connectivity index (χ0v) is 20.7. The largest absolute Gasteiger partial charge is 4.00 e. The van der Waals surface area contributed by atoms with E-state index in [1.165, 1.54) is 52.1 Å². The summed E-state index contributed by atoms with van der Waals surface area (Å²) in [5.74, 6) is 0. The van der Waals surface area contributed by atoms with Crippen molar-refractivity contribution in [2.75, 3.05) is 13.3 Å². The van der Waals surface area contributed by atoms with Gasteiger partial charge in [-0.3, -0.25) is 6.08 Å². The van der Waals surface area contributed by atoms with Crippen LogP contribution in [0, 0.1) is 6.08 Å². The van der Waals surface area contributed by atoms with Gasteiger partial charge in [-0.05, 0) is 19.8 Å². The van der Waals surface area contributed by atoms with Crippen molar-refractivity contribution >= 4 is 27.3 Å². The van der Waals surface area contributed by atoms with Crippen LogP contribution >= 0.6 is 16.5 Å². The number of unbranched alkanes of at least 4 members (excludes halogenated alkanes) is 1. The quantitative estimate of drug-likeness (QED) is 0.465. The van der Waals surface area contributed by atoms with Crippen LogP contribution in [0.15, 0.2) is 59.7 Å². The normalized spacial score (nSPS) is 12.2. The molecule has 0 saturated heterocycles. The summed E-state index contributed by atoms with van der Waals surface area (Å²) in [6.45, 7) is 8.80. The first-order valence-electron chi connectivity index (χ1n) is 8.42. The summed E-state index contributed by atoms with van der Waals surface area (Å²) >= 11 is 0. The second kappa shape index (κ2) is 19.7. The van der Waals surface area contributed by atoms with Crippen molar-refractivity contribution in [1.29, 1.82) is 0 Å². The molecule has 0 aromatic heterocycles. The SMILES string of the molecule is CCCCC1=CC(C)=[C-]C1.CPPC.[F-].[F-].[Zr+4].c1ccc2[cH-]ccc2c1. The van der Waals surface area contributed by atoms with Crippen LogP contribution in [0.3, 0.4) is 0 Å². The van der Waals surface area contributed by atoms with E-state index in [-0.39, 0.29) is 35.6 Å². The Labute approximate surface area is 181 Å². The van der Waals surface area contributed by atoms with Crippen molar-refractivity contribution in [2.45, 2.75) is 39.5 Å². The fourth-order valence-corrected chi connectivity index (χ4v) is 2.30. The van der Waals surface area contributed by atoms with Crippen LogP contribution in [0.2, 0.25) is 0 Å². The van der Waals surface area contributed by atoms with E-state index in [0.29, 0.717) is 0 Å². The average molecular weight is 474 g/mol. The molecule has 0 N–H and O–H groups in total. The number of rotatable bonds is 4. The maximum atomic E-state index is 3.30. The second-order valence-electron chi connectivity index (χ2n) is 5.60. The number of hydrogen-bond donors (Lipinski definition) is 0. The summed E-state index contributed by atoms with van der Waals surface area (Å²) in [6, 6.07) is 14.7. The summed E-state index contributed by atoms with van der Waals surface area (Å²) in [4.78, 5) is 0. The molecule has 1 aliphatic rings. The van der Waals surface area contributed by atoms with Crippen molar-refractivity contribution < 1.29 is 35.6 Å². The van der Waals surface area contributed by atoms with Crippen molar-refractivity contribution in [2.24, 2.45) is 0 Å². The molecule has 0 heterocycles. The van der Waals surface area contributed by atoms with Gasteiger partial charge in [0.25, 0.3) is 0 Å². The van der Waals surface area contributed by atoms with Crippen LogP contribution in [-0.2, 0) is 26.2 Å². The molecule has 26 heavy (non-hydrogen) atoms. The Kier molecular flexibility index (Phi) is 23.2. The van der Waals surface area contributed by atoms with Crippen LogP contribution in [0.4, 0.5) is 0 Å². The summed E-state index contributed by atoms with van der Waals surface area (Å²) in [5, 5.41) is 2.66. The van der Waals surface area contributed by atoms with Gasteiger partial charge in [-0.2, -0.15) is 23.1 Å². The third kappa shape index (κ3) is 13.1. The molecule has 0 saturated carbocycles. The molecule has 0 aliphatic heterocycles. The van der Waals surface area contributed by atoms with E-state index < -0.39 is 0 Å². The zero-order chi connectivity index (χ0) is 16.9. The van der Waals surface area contributed by atoms with Gasteiger partial charge >= 0.3 is 26.2 Å². The standard InChI is InChI=1S/C10H15.C9H7.C2H8P2.2FH.Zr/c1-3-4-5-10-7-6-9(2)8-10;1-2-5-9-7-3-6-8(9)4-1;1-3-4-2;;;/h8H,3-5,7H2,1-2H3;1-7H;3-4H,1-2H3;2*1H;/q2*-1;;;;+4/p-2. The average Bonchev–Trinajstić information content (AvgIpc) is 3.22. The second-order valence-corrected chi connectivity index (χ2v) is 9.60. The van der Waals surface area contributed by atoms with Crippen molar-refractivity contribution in [3.63, 3.8) is 0 Å². The minimum atomic E-state index is 0. The van der Waals surface area contributed by atoms with E-state index in [0.717, 1.165) is 6.42 Å². The Morgan fingerprint density at radius 3 is 2.23 bits per heavy atom. The Balaban J connectivity index is -0.000000310. The van der Waals surface area contributed by atoms with Gasteiger partial charge in [0.2, 0.25) is 0 Å². The molecule has 0 spiro atoms. The van der Waals surface area contributed by atoms with Gasteiger partial charge in [0, 0.05) is 0 Å². The van der Waals surface area contributed by atoms with Gasteiger partial charge in [-0.1, -0.05) is 32.8 Å². The first-order valence-corrected chi connectivity index (χ1v) is 12.4. The van der Waals surface area contributed by atoms with Gasteiger partial charge in [0.15, 0.2) is 0 Å².